The third-order valence-electron chi connectivity index (χ3n) is 8.71. The Kier molecular flexibility index (Phi) is 12.4. The van der Waals surface area contributed by atoms with Gasteiger partial charge in [0.25, 0.3) is 10.1 Å². The van der Waals surface area contributed by atoms with Gasteiger partial charge in [-0.25, -0.2) is 0 Å². The van der Waals surface area contributed by atoms with Crippen LogP contribution in [0.4, 0.5) is 5.69 Å². The van der Waals surface area contributed by atoms with Crippen LogP contribution in [0.15, 0.2) is 71.6 Å². The molecule has 0 bridgehead atoms. The Morgan fingerprint density at radius 3 is 2.40 bits per heavy atom. The fourth-order valence-corrected chi connectivity index (χ4v) is 7.14. The molecule has 4 aromatic rings. The summed E-state index contributed by atoms with van der Waals surface area (Å²) in [7, 11) is -4.06. The van der Waals surface area contributed by atoms with E-state index in [4.69, 9.17) is 4.55 Å². The number of H-pyrrole nitrogens is 1. The van der Waals surface area contributed by atoms with Crippen LogP contribution in [0, 0.1) is 19.8 Å². The summed E-state index contributed by atoms with van der Waals surface area (Å²) in [5.41, 5.74) is 7.71. The lowest BCUT2D eigenvalue weighted by Crippen LogP contribution is -2.33. The van der Waals surface area contributed by atoms with Crippen molar-refractivity contribution in [1.82, 2.24) is 9.88 Å². The van der Waals surface area contributed by atoms with Crippen LogP contribution < -0.4 is 5.32 Å². The van der Waals surface area contributed by atoms with Crippen molar-refractivity contribution in [2.45, 2.75) is 84.0 Å². The van der Waals surface area contributed by atoms with Gasteiger partial charge in [0.15, 0.2) is 0 Å². The van der Waals surface area contributed by atoms with Crippen molar-refractivity contribution in [2.24, 2.45) is 5.92 Å². The van der Waals surface area contributed by atoms with Crippen molar-refractivity contribution in [3.63, 3.8) is 0 Å². The molecule has 7 nitrogen and oxygen atoms in total. The van der Waals surface area contributed by atoms with Crippen LogP contribution in [0.3, 0.4) is 0 Å². The van der Waals surface area contributed by atoms with E-state index in [0.29, 0.717) is 17.9 Å². The van der Waals surface area contributed by atoms with E-state index in [0.717, 1.165) is 36.9 Å². The number of rotatable bonds is 12. The molecule has 242 valence electrons. The number of carbonyl (C=O) groups is 1. The Labute approximate surface area is 269 Å². The number of hydrogen-bond donors (Lipinski definition) is 3. The molecule has 1 aliphatic carbocycles. The highest BCUT2D eigenvalue weighted by atomic mass is 32.2. The fourth-order valence-electron chi connectivity index (χ4n) is 6.34. The summed E-state index contributed by atoms with van der Waals surface area (Å²) in [6, 6.07) is 21.5. The average Bonchev–Trinajstić information content (AvgIpc) is 3.36. The molecular formula is C37H49N3O4S. The highest BCUT2D eigenvalue weighted by molar-refractivity contribution is 7.85. The zero-order chi connectivity index (χ0) is 32.4. The second-order valence-corrected chi connectivity index (χ2v) is 13.7. The van der Waals surface area contributed by atoms with E-state index in [1.807, 2.05) is 12.1 Å². The number of nitrogens with zero attached hydrogens (tertiary/aromatic N) is 1. The van der Waals surface area contributed by atoms with Crippen molar-refractivity contribution in [1.29, 1.82) is 0 Å². The predicted octanol–water partition coefficient (Wildman–Crippen LogP) is 7.91. The summed E-state index contributed by atoms with van der Waals surface area (Å²) in [5.74, 6) is 0.813. The van der Waals surface area contributed by atoms with Gasteiger partial charge in [0.1, 0.15) is 0 Å². The van der Waals surface area contributed by atoms with Gasteiger partial charge in [-0.05, 0) is 124 Å². The smallest absolute Gasteiger partial charge is 0.294 e. The molecule has 1 amide bonds. The Hall–Kier alpha value is -3.46. The Balaban J connectivity index is 0.000000323. The van der Waals surface area contributed by atoms with E-state index >= 15 is 0 Å². The summed E-state index contributed by atoms with van der Waals surface area (Å²) in [4.78, 5) is 18.8. The highest BCUT2D eigenvalue weighted by Gasteiger charge is 2.24. The molecule has 0 saturated carbocycles. The molecule has 3 N–H and O–H groups in total. The number of nitrogens with one attached hydrogen (secondary N) is 2. The SMILES string of the molecule is CCCN(CCC)CC1CCc2[nH]c3ccc(NC(=O)CCCc4ccccc4)cc3c2C1.Cc1cccc(S(=O)(=O)O)c1C. The first-order chi connectivity index (χ1) is 21.6. The number of amides is 1. The minimum absolute atomic E-state index is 0.0116. The number of anilines is 1. The molecule has 45 heavy (non-hydrogen) atoms. The van der Waals surface area contributed by atoms with E-state index in [-0.39, 0.29) is 10.8 Å². The van der Waals surface area contributed by atoms with E-state index in [1.54, 1.807) is 26.0 Å². The van der Waals surface area contributed by atoms with Gasteiger partial charge in [-0.15, -0.1) is 0 Å². The van der Waals surface area contributed by atoms with Gasteiger partial charge < -0.3 is 15.2 Å². The van der Waals surface area contributed by atoms with Gasteiger partial charge in [-0.2, -0.15) is 8.42 Å². The molecule has 1 atom stereocenters. The lowest BCUT2D eigenvalue weighted by molar-refractivity contribution is -0.116. The van der Waals surface area contributed by atoms with Gasteiger partial charge in [0.05, 0.1) is 4.90 Å². The van der Waals surface area contributed by atoms with Crippen molar-refractivity contribution in [2.75, 3.05) is 25.0 Å². The maximum atomic E-state index is 12.5. The first-order valence-corrected chi connectivity index (χ1v) is 17.8. The van der Waals surface area contributed by atoms with Gasteiger partial charge in [-0.1, -0.05) is 56.3 Å². The Bertz CT molecular complexity index is 1660. The van der Waals surface area contributed by atoms with Crippen LogP contribution in [0.1, 0.15) is 73.9 Å². The highest BCUT2D eigenvalue weighted by Crippen LogP contribution is 2.33. The van der Waals surface area contributed by atoms with E-state index in [1.165, 1.54) is 72.7 Å². The first-order valence-electron chi connectivity index (χ1n) is 16.3. The van der Waals surface area contributed by atoms with Crippen LogP contribution >= 0.6 is 0 Å². The minimum atomic E-state index is -4.06. The summed E-state index contributed by atoms with van der Waals surface area (Å²) < 4.78 is 30.3. The zero-order valence-electron chi connectivity index (χ0n) is 27.2. The van der Waals surface area contributed by atoms with E-state index in [2.05, 4.69) is 65.4 Å². The van der Waals surface area contributed by atoms with Crippen molar-refractivity contribution in [3.05, 3.63) is 94.7 Å². The maximum Gasteiger partial charge on any atom is 0.294 e. The van der Waals surface area contributed by atoms with E-state index in [9.17, 15) is 13.2 Å². The molecule has 0 spiro atoms. The fraction of sp³-hybridized carbons (Fsp3) is 0.432. The lowest BCUT2D eigenvalue weighted by atomic mass is 9.86. The molecule has 1 aromatic heterocycles. The molecule has 0 saturated heterocycles. The molecule has 0 radical (unpaired) electrons. The molecule has 1 heterocycles. The molecule has 1 unspecified atom stereocenters. The quantitative estimate of drug-likeness (QED) is 0.138. The molecule has 5 rings (SSSR count). The van der Waals surface area contributed by atoms with Crippen LogP contribution in [-0.2, 0) is 34.2 Å². The zero-order valence-corrected chi connectivity index (χ0v) is 28.1. The van der Waals surface area contributed by atoms with Gasteiger partial charge >= 0.3 is 0 Å². The van der Waals surface area contributed by atoms with E-state index < -0.39 is 10.1 Å². The third kappa shape index (κ3) is 9.76. The predicted molar refractivity (Wildman–Crippen MR) is 185 cm³/mol. The van der Waals surface area contributed by atoms with Crippen molar-refractivity contribution in [3.8, 4) is 0 Å². The monoisotopic (exact) mass is 631 g/mol. The number of aromatic nitrogens is 1. The summed E-state index contributed by atoms with van der Waals surface area (Å²) in [6.07, 6.45) is 8.31. The first kappa shape index (κ1) is 34.4. The molecule has 0 fully saturated rings. The topological polar surface area (TPSA) is 103 Å². The maximum absolute atomic E-state index is 12.5. The van der Waals surface area contributed by atoms with Gasteiger partial charge in [-0.3, -0.25) is 9.35 Å². The van der Waals surface area contributed by atoms with Crippen LogP contribution in [0.2, 0.25) is 0 Å². The molecule has 0 aliphatic heterocycles. The number of aromatic amines is 1. The van der Waals surface area contributed by atoms with Crippen LogP contribution in [-0.4, -0.2) is 48.4 Å². The Morgan fingerprint density at radius 1 is 1.00 bits per heavy atom. The average molecular weight is 632 g/mol. The number of carbonyl (C=O) groups excluding carboxylic acids is 1. The molecule has 1 aliphatic rings. The van der Waals surface area contributed by atoms with Gasteiger partial charge in [0.2, 0.25) is 5.91 Å². The van der Waals surface area contributed by atoms with Crippen LogP contribution in [0.5, 0.6) is 0 Å². The number of benzene rings is 3. The van der Waals surface area contributed by atoms with Crippen LogP contribution in [0.25, 0.3) is 10.9 Å². The lowest BCUT2D eigenvalue weighted by Gasteiger charge is -2.29. The number of hydrogen-bond acceptors (Lipinski definition) is 4. The summed E-state index contributed by atoms with van der Waals surface area (Å²) in [5, 5.41) is 4.42. The van der Waals surface area contributed by atoms with Crippen molar-refractivity contribution < 1.29 is 17.8 Å². The number of fused-ring (bicyclic) bond motifs is 3. The molecule has 3 aromatic carbocycles. The van der Waals surface area contributed by atoms with Gasteiger partial charge in [0, 0.05) is 35.2 Å². The summed E-state index contributed by atoms with van der Waals surface area (Å²) in [6.45, 7) is 11.6. The third-order valence-corrected chi connectivity index (χ3v) is 9.71. The standard InChI is InChI=1S/C29H39N3O.C8H10O3S/c1-3-17-32(18-4-2)21-23-13-15-27-25(19-23)26-20-24(14-16-28(26)31-27)30-29(33)12-8-11-22-9-6-5-7-10-22;1-6-4-3-5-8(7(6)2)12(9,10)11/h5-7,9-10,14,16,20,23,31H,3-4,8,11-13,15,17-19,21H2,1-2H3,(H,30,33);3-5H,1-2H3,(H,9,10,11). The van der Waals surface area contributed by atoms with Crippen molar-refractivity contribution >= 4 is 32.6 Å². The minimum Gasteiger partial charge on any atom is -0.358 e. The second-order valence-electron chi connectivity index (χ2n) is 12.3. The number of aryl methyl sites for hydroxylation is 3. The summed E-state index contributed by atoms with van der Waals surface area (Å²) >= 11 is 0. The normalized spacial score (nSPS) is 14.6. The largest absolute Gasteiger partial charge is 0.358 e. The molecular weight excluding hydrogens is 582 g/mol. The Morgan fingerprint density at radius 2 is 1.73 bits per heavy atom. The molecule has 8 heteroatoms. The second kappa shape index (κ2) is 16.2.